The highest BCUT2D eigenvalue weighted by Gasteiger charge is 2.16. The van der Waals surface area contributed by atoms with Crippen molar-refractivity contribution in [1.82, 2.24) is 0 Å². The fraction of sp³-hybridized carbons (Fsp3) is 0.500. The Morgan fingerprint density at radius 3 is 2.53 bits per heavy atom. The van der Waals surface area contributed by atoms with Gasteiger partial charge >= 0.3 is 0 Å². The maximum atomic E-state index is 13.2. The van der Waals surface area contributed by atoms with Gasteiger partial charge in [0.2, 0.25) is 0 Å². The van der Waals surface area contributed by atoms with E-state index in [0.29, 0.717) is 11.5 Å². The number of hydrogen-bond acceptors (Lipinski definition) is 2. The molecule has 0 saturated carbocycles. The van der Waals surface area contributed by atoms with Gasteiger partial charge in [-0.2, -0.15) is 0 Å². The number of benzene rings is 1. The van der Waals surface area contributed by atoms with Gasteiger partial charge in [-0.05, 0) is 30.9 Å². The molecule has 1 rings (SSSR count). The number of nitrogens with two attached hydrogens (primary N) is 1. The van der Waals surface area contributed by atoms with Crippen LogP contribution in [-0.2, 0) is 0 Å². The van der Waals surface area contributed by atoms with Crippen molar-refractivity contribution in [2.75, 3.05) is 0 Å². The van der Waals surface area contributed by atoms with Crippen LogP contribution in [0.25, 0.3) is 0 Å². The lowest BCUT2D eigenvalue weighted by Crippen LogP contribution is -2.13. The van der Waals surface area contributed by atoms with Crippen molar-refractivity contribution in [3.63, 3.8) is 0 Å². The summed E-state index contributed by atoms with van der Waals surface area (Å²) in [6.45, 7) is 5.88. The Hall–Kier alpha value is -1.09. The highest BCUT2D eigenvalue weighted by atomic mass is 19.1. The summed E-state index contributed by atoms with van der Waals surface area (Å²) in [4.78, 5) is 0. The van der Waals surface area contributed by atoms with E-state index in [1.165, 1.54) is 6.07 Å². The fourth-order valence-electron chi connectivity index (χ4n) is 1.68. The summed E-state index contributed by atoms with van der Waals surface area (Å²) in [7, 11) is 0. The molecule has 2 nitrogen and oxygen atoms in total. The second-order valence-corrected chi connectivity index (χ2v) is 4.42. The molecule has 15 heavy (non-hydrogen) atoms. The van der Waals surface area contributed by atoms with Gasteiger partial charge in [0, 0.05) is 11.6 Å². The van der Waals surface area contributed by atoms with Crippen molar-refractivity contribution in [3.05, 3.63) is 29.1 Å². The first kappa shape index (κ1) is 12.0. The van der Waals surface area contributed by atoms with Gasteiger partial charge in [0.1, 0.15) is 0 Å². The van der Waals surface area contributed by atoms with Crippen LogP contribution in [0.5, 0.6) is 5.75 Å². The standard InChI is InChI=1S/C12H18FNO/c1-7(2)4-11(14)9-5-8(3)6-10(13)12(9)15/h5-7,11,15H,4,14H2,1-3H3/t11-/m1/s1. The smallest absolute Gasteiger partial charge is 0.165 e. The Morgan fingerprint density at radius 1 is 1.40 bits per heavy atom. The predicted octanol–water partition coefficient (Wildman–Crippen LogP) is 2.89. The normalized spacial score (nSPS) is 13.2. The van der Waals surface area contributed by atoms with Crippen LogP contribution in [0.2, 0.25) is 0 Å². The second kappa shape index (κ2) is 4.62. The van der Waals surface area contributed by atoms with E-state index in [4.69, 9.17) is 5.73 Å². The molecule has 1 aromatic carbocycles. The fourth-order valence-corrected chi connectivity index (χ4v) is 1.68. The zero-order valence-corrected chi connectivity index (χ0v) is 9.42. The van der Waals surface area contributed by atoms with Crippen LogP contribution in [0, 0.1) is 18.7 Å². The average molecular weight is 211 g/mol. The first-order valence-electron chi connectivity index (χ1n) is 5.16. The van der Waals surface area contributed by atoms with Gasteiger partial charge in [0.15, 0.2) is 11.6 Å². The summed E-state index contributed by atoms with van der Waals surface area (Å²) < 4.78 is 13.2. The minimum Gasteiger partial charge on any atom is -0.505 e. The van der Waals surface area contributed by atoms with Crippen LogP contribution in [0.1, 0.15) is 37.4 Å². The summed E-state index contributed by atoms with van der Waals surface area (Å²) in [5, 5.41) is 9.55. The van der Waals surface area contributed by atoms with Gasteiger partial charge in [-0.1, -0.05) is 19.9 Å². The van der Waals surface area contributed by atoms with E-state index in [2.05, 4.69) is 0 Å². The van der Waals surface area contributed by atoms with Gasteiger partial charge in [0.05, 0.1) is 0 Å². The summed E-state index contributed by atoms with van der Waals surface area (Å²) in [6, 6.07) is 2.74. The van der Waals surface area contributed by atoms with Gasteiger partial charge in [-0.15, -0.1) is 0 Å². The predicted molar refractivity (Wildman–Crippen MR) is 59.2 cm³/mol. The van der Waals surface area contributed by atoms with Gasteiger partial charge in [-0.3, -0.25) is 0 Å². The average Bonchev–Trinajstić information content (AvgIpc) is 2.09. The van der Waals surface area contributed by atoms with Crippen molar-refractivity contribution in [3.8, 4) is 5.75 Å². The molecule has 0 aliphatic heterocycles. The highest BCUT2D eigenvalue weighted by Crippen LogP contribution is 2.30. The minimum absolute atomic E-state index is 0.306. The molecule has 1 aromatic rings. The number of phenols is 1. The van der Waals surface area contributed by atoms with E-state index in [1.54, 1.807) is 13.0 Å². The largest absolute Gasteiger partial charge is 0.505 e. The molecule has 0 saturated heterocycles. The maximum Gasteiger partial charge on any atom is 0.165 e. The van der Waals surface area contributed by atoms with Crippen LogP contribution >= 0.6 is 0 Å². The zero-order valence-electron chi connectivity index (χ0n) is 9.42. The maximum absolute atomic E-state index is 13.2. The number of halogens is 1. The molecule has 0 bridgehead atoms. The van der Waals surface area contributed by atoms with Gasteiger partial charge in [0.25, 0.3) is 0 Å². The molecule has 0 spiro atoms. The monoisotopic (exact) mass is 211 g/mol. The SMILES string of the molecule is Cc1cc(F)c(O)c([C@H](N)CC(C)C)c1. The topological polar surface area (TPSA) is 46.2 Å². The third-order valence-corrected chi connectivity index (χ3v) is 2.36. The first-order chi connectivity index (χ1) is 6.91. The molecule has 0 radical (unpaired) electrons. The van der Waals surface area contributed by atoms with Crippen molar-refractivity contribution >= 4 is 0 Å². The molecule has 1 atom stereocenters. The lowest BCUT2D eigenvalue weighted by Gasteiger charge is -2.16. The van der Waals surface area contributed by atoms with Crippen LogP contribution in [-0.4, -0.2) is 5.11 Å². The summed E-state index contributed by atoms with van der Waals surface area (Å²) in [5.41, 5.74) is 7.19. The number of rotatable bonds is 3. The number of phenolic OH excluding ortho intramolecular Hbond substituents is 1. The van der Waals surface area contributed by atoms with E-state index in [9.17, 15) is 9.50 Å². The second-order valence-electron chi connectivity index (χ2n) is 4.42. The number of aromatic hydroxyl groups is 1. The molecule has 0 fully saturated rings. The van der Waals surface area contributed by atoms with E-state index in [0.717, 1.165) is 12.0 Å². The molecule has 0 heterocycles. The van der Waals surface area contributed by atoms with E-state index in [1.807, 2.05) is 13.8 Å². The molecule has 3 N–H and O–H groups in total. The van der Waals surface area contributed by atoms with Gasteiger partial charge in [-0.25, -0.2) is 4.39 Å². The van der Waals surface area contributed by atoms with Crippen molar-refractivity contribution in [1.29, 1.82) is 0 Å². The summed E-state index contributed by atoms with van der Waals surface area (Å²) >= 11 is 0. The summed E-state index contributed by atoms with van der Waals surface area (Å²) in [6.07, 6.45) is 0.733. The van der Waals surface area contributed by atoms with E-state index < -0.39 is 5.82 Å². The molecule has 0 aliphatic rings. The minimum atomic E-state index is -0.593. The van der Waals surface area contributed by atoms with Crippen LogP contribution in [0.15, 0.2) is 12.1 Å². The van der Waals surface area contributed by atoms with Crippen LogP contribution in [0.4, 0.5) is 4.39 Å². The third-order valence-electron chi connectivity index (χ3n) is 2.36. The molecule has 84 valence electrons. The molecule has 0 amide bonds. The van der Waals surface area contributed by atoms with Crippen molar-refractivity contribution in [2.45, 2.75) is 33.2 Å². The Labute approximate surface area is 89.9 Å². The third kappa shape index (κ3) is 2.93. The zero-order chi connectivity index (χ0) is 11.6. The Kier molecular flexibility index (Phi) is 3.69. The van der Waals surface area contributed by atoms with Crippen molar-refractivity contribution < 1.29 is 9.50 Å². The molecular formula is C12H18FNO. The molecule has 0 aromatic heterocycles. The Balaban J connectivity index is 3.02. The quantitative estimate of drug-likeness (QED) is 0.807. The molecule has 3 heteroatoms. The Morgan fingerprint density at radius 2 is 2.00 bits per heavy atom. The number of hydrogen-bond donors (Lipinski definition) is 2. The molecular weight excluding hydrogens is 193 g/mol. The Bertz CT molecular complexity index is 350. The highest BCUT2D eigenvalue weighted by molar-refractivity contribution is 5.39. The van der Waals surface area contributed by atoms with Crippen LogP contribution in [0.3, 0.4) is 0 Å². The lowest BCUT2D eigenvalue weighted by molar-refractivity contribution is 0.411. The summed E-state index contributed by atoms with van der Waals surface area (Å²) in [5.74, 6) is -0.485. The van der Waals surface area contributed by atoms with Gasteiger partial charge < -0.3 is 10.8 Å². The van der Waals surface area contributed by atoms with E-state index in [-0.39, 0.29) is 11.8 Å². The first-order valence-corrected chi connectivity index (χ1v) is 5.16. The van der Waals surface area contributed by atoms with Crippen LogP contribution < -0.4 is 5.73 Å². The molecule has 0 unspecified atom stereocenters. The van der Waals surface area contributed by atoms with E-state index >= 15 is 0 Å². The van der Waals surface area contributed by atoms with Crippen molar-refractivity contribution in [2.24, 2.45) is 11.7 Å². The number of aryl methyl sites for hydroxylation is 1. The molecule has 0 aliphatic carbocycles. The lowest BCUT2D eigenvalue weighted by atomic mass is 9.96.